The highest BCUT2D eigenvalue weighted by Gasteiger charge is 2.11. The Morgan fingerprint density at radius 1 is 1.21 bits per heavy atom. The number of nitrogens with zero attached hydrogens (tertiary/aromatic N) is 4. The molecule has 0 saturated carbocycles. The molecule has 1 atom stereocenters. The van der Waals surface area contributed by atoms with Gasteiger partial charge in [0.1, 0.15) is 12.2 Å². The Morgan fingerprint density at radius 2 is 2.00 bits per heavy atom. The third-order valence-corrected chi connectivity index (χ3v) is 4.09. The van der Waals surface area contributed by atoms with Crippen LogP contribution in [0.25, 0.3) is 10.8 Å². The summed E-state index contributed by atoms with van der Waals surface area (Å²) in [6.07, 6.45) is 1.55. The summed E-state index contributed by atoms with van der Waals surface area (Å²) in [4.78, 5) is 8.51. The van der Waals surface area contributed by atoms with E-state index >= 15 is 0 Å². The molecular formula is C18H22N6. The molecule has 124 valence electrons. The fourth-order valence-corrected chi connectivity index (χ4v) is 2.75. The normalized spacial score (nSPS) is 13.0. The molecule has 6 nitrogen and oxygen atoms in total. The van der Waals surface area contributed by atoms with Crippen molar-refractivity contribution in [3.63, 3.8) is 0 Å². The molecule has 0 fully saturated rings. The summed E-state index contributed by atoms with van der Waals surface area (Å²) in [5.74, 6) is 1.59. The number of hydrogen-bond acceptors (Lipinski definition) is 3. The van der Waals surface area contributed by atoms with Crippen LogP contribution in [0.5, 0.6) is 0 Å². The van der Waals surface area contributed by atoms with Crippen LogP contribution in [0.4, 0.5) is 0 Å². The van der Waals surface area contributed by atoms with Crippen LogP contribution in [0.2, 0.25) is 0 Å². The van der Waals surface area contributed by atoms with E-state index in [1.54, 1.807) is 18.1 Å². The molecule has 1 aromatic heterocycles. The summed E-state index contributed by atoms with van der Waals surface area (Å²) in [5.41, 5.74) is 1.25. The Bertz CT molecular complexity index is 846. The molecular weight excluding hydrogens is 300 g/mol. The summed E-state index contributed by atoms with van der Waals surface area (Å²) in [6, 6.07) is 14.9. The first-order valence-electron chi connectivity index (χ1n) is 7.96. The van der Waals surface area contributed by atoms with E-state index in [2.05, 4.69) is 75.1 Å². The van der Waals surface area contributed by atoms with Gasteiger partial charge in [0.25, 0.3) is 0 Å². The third kappa shape index (κ3) is 3.37. The largest absolute Gasteiger partial charge is 0.350 e. The van der Waals surface area contributed by atoms with Crippen molar-refractivity contribution in [1.29, 1.82) is 0 Å². The zero-order valence-corrected chi connectivity index (χ0v) is 14.2. The van der Waals surface area contributed by atoms with Gasteiger partial charge in [-0.25, -0.2) is 4.98 Å². The summed E-state index contributed by atoms with van der Waals surface area (Å²) in [7, 11) is 3.64. The molecule has 2 N–H and O–H groups in total. The van der Waals surface area contributed by atoms with E-state index < -0.39 is 0 Å². The smallest absolute Gasteiger partial charge is 0.191 e. The van der Waals surface area contributed by atoms with Crippen LogP contribution in [0.3, 0.4) is 0 Å². The lowest BCUT2D eigenvalue weighted by Gasteiger charge is -2.19. The van der Waals surface area contributed by atoms with E-state index in [0.717, 1.165) is 11.8 Å². The predicted octanol–water partition coefficient (Wildman–Crippen LogP) is 2.39. The Balaban J connectivity index is 1.72. The second kappa shape index (κ2) is 7.12. The maximum Gasteiger partial charge on any atom is 0.191 e. The van der Waals surface area contributed by atoms with Gasteiger partial charge in [-0.05, 0) is 23.3 Å². The van der Waals surface area contributed by atoms with Crippen molar-refractivity contribution in [3.8, 4) is 0 Å². The molecule has 1 unspecified atom stereocenters. The van der Waals surface area contributed by atoms with Gasteiger partial charge < -0.3 is 10.6 Å². The van der Waals surface area contributed by atoms with Crippen LogP contribution >= 0.6 is 0 Å². The van der Waals surface area contributed by atoms with Crippen molar-refractivity contribution in [2.45, 2.75) is 19.5 Å². The zero-order valence-electron chi connectivity index (χ0n) is 14.2. The summed E-state index contributed by atoms with van der Waals surface area (Å²) < 4.78 is 1.74. The number of fused-ring (bicyclic) bond motifs is 1. The SMILES string of the molecule is CN=C(NCc1ncnn1C)NC(C)c1cccc2ccccc12. The number of nitrogens with one attached hydrogen (secondary N) is 2. The van der Waals surface area contributed by atoms with Crippen molar-refractivity contribution in [1.82, 2.24) is 25.4 Å². The minimum atomic E-state index is 0.127. The molecule has 0 aliphatic heterocycles. The van der Waals surface area contributed by atoms with E-state index in [9.17, 15) is 0 Å². The van der Waals surface area contributed by atoms with Gasteiger partial charge in [-0.1, -0.05) is 42.5 Å². The number of rotatable bonds is 4. The molecule has 3 rings (SSSR count). The predicted molar refractivity (Wildman–Crippen MR) is 96.7 cm³/mol. The molecule has 0 bridgehead atoms. The summed E-state index contributed by atoms with van der Waals surface area (Å²) >= 11 is 0. The van der Waals surface area contributed by atoms with E-state index in [1.807, 2.05) is 7.05 Å². The zero-order chi connectivity index (χ0) is 16.9. The van der Waals surface area contributed by atoms with Crippen molar-refractivity contribution in [3.05, 3.63) is 60.2 Å². The van der Waals surface area contributed by atoms with Crippen LogP contribution in [0, 0.1) is 0 Å². The lowest BCUT2D eigenvalue weighted by Crippen LogP contribution is -2.38. The molecule has 3 aromatic rings. The van der Waals surface area contributed by atoms with E-state index in [1.165, 1.54) is 16.3 Å². The standard InChI is InChI=1S/C18H22N6/c1-13(15-10-6-8-14-7-4-5-9-16(14)15)23-18(19-2)20-11-17-21-12-22-24(17)3/h4-10,12-13H,11H2,1-3H3,(H2,19,20,23). The number of benzene rings is 2. The highest BCUT2D eigenvalue weighted by Crippen LogP contribution is 2.23. The minimum Gasteiger partial charge on any atom is -0.350 e. The van der Waals surface area contributed by atoms with Gasteiger partial charge in [0.15, 0.2) is 5.96 Å². The number of aromatic nitrogens is 3. The van der Waals surface area contributed by atoms with Gasteiger partial charge in [0.2, 0.25) is 0 Å². The first-order valence-corrected chi connectivity index (χ1v) is 7.96. The second-order valence-corrected chi connectivity index (χ2v) is 5.66. The van der Waals surface area contributed by atoms with E-state index in [4.69, 9.17) is 0 Å². The maximum absolute atomic E-state index is 4.30. The first-order chi connectivity index (χ1) is 11.7. The summed E-state index contributed by atoms with van der Waals surface area (Å²) in [5, 5.41) is 13.3. The Labute approximate surface area is 141 Å². The number of guanidine groups is 1. The Morgan fingerprint density at radius 3 is 2.75 bits per heavy atom. The van der Waals surface area contributed by atoms with Crippen molar-refractivity contribution < 1.29 is 0 Å². The lowest BCUT2D eigenvalue weighted by atomic mass is 10.00. The van der Waals surface area contributed by atoms with Crippen molar-refractivity contribution >= 4 is 16.7 Å². The van der Waals surface area contributed by atoms with Gasteiger partial charge in [-0.2, -0.15) is 5.10 Å². The molecule has 24 heavy (non-hydrogen) atoms. The highest BCUT2D eigenvalue weighted by molar-refractivity contribution is 5.87. The summed E-state index contributed by atoms with van der Waals surface area (Å²) in [6.45, 7) is 2.70. The number of aliphatic imine (C=N–C) groups is 1. The molecule has 6 heteroatoms. The average molecular weight is 322 g/mol. The molecule has 2 aromatic carbocycles. The number of hydrogen-bond donors (Lipinski definition) is 2. The average Bonchev–Trinajstić information content (AvgIpc) is 3.02. The Kier molecular flexibility index (Phi) is 4.74. The first kappa shape index (κ1) is 16.0. The topological polar surface area (TPSA) is 67.1 Å². The molecule has 0 saturated heterocycles. The maximum atomic E-state index is 4.30. The van der Waals surface area contributed by atoms with Crippen LogP contribution < -0.4 is 10.6 Å². The molecule has 1 heterocycles. The number of aryl methyl sites for hydroxylation is 1. The van der Waals surface area contributed by atoms with Crippen LogP contribution in [-0.2, 0) is 13.6 Å². The second-order valence-electron chi connectivity index (χ2n) is 5.66. The van der Waals surface area contributed by atoms with Crippen LogP contribution in [0.1, 0.15) is 24.4 Å². The fraction of sp³-hybridized carbons (Fsp3) is 0.278. The van der Waals surface area contributed by atoms with Crippen LogP contribution in [-0.4, -0.2) is 27.8 Å². The molecule has 0 aliphatic rings. The molecule has 0 spiro atoms. The van der Waals surface area contributed by atoms with E-state index in [-0.39, 0.29) is 6.04 Å². The van der Waals surface area contributed by atoms with Gasteiger partial charge in [-0.3, -0.25) is 9.67 Å². The molecule has 0 aliphatic carbocycles. The fourth-order valence-electron chi connectivity index (χ4n) is 2.75. The highest BCUT2D eigenvalue weighted by atomic mass is 15.3. The van der Waals surface area contributed by atoms with Crippen molar-refractivity contribution in [2.75, 3.05) is 7.05 Å². The monoisotopic (exact) mass is 322 g/mol. The van der Waals surface area contributed by atoms with E-state index in [0.29, 0.717) is 6.54 Å². The minimum absolute atomic E-state index is 0.127. The third-order valence-electron chi connectivity index (χ3n) is 4.09. The van der Waals surface area contributed by atoms with Crippen molar-refractivity contribution in [2.24, 2.45) is 12.0 Å². The molecule has 0 radical (unpaired) electrons. The van der Waals surface area contributed by atoms with Gasteiger partial charge in [0, 0.05) is 14.1 Å². The van der Waals surface area contributed by atoms with Gasteiger partial charge in [0.05, 0.1) is 12.6 Å². The Hall–Kier alpha value is -2.89. The molecule has 0 amide bonds. The lowest BCUT2D eigenvalue weighted by molar-refractivity contribution is 0.653. The van der Waals surface area contributed by atoms with Crippen LogP contribution in [0.15, 0.2) is 53.8 Å². The van der Waals surface area contributed by atoms with Gasteiger partial charge >= 0.3 is 0 Å². The quantitative estimate of drug-likeness (QED) is 0.572. The van der Waals surface area contributed by atoms with Gasteiger partial charge in [-0.15, -0.1) is 0 Å².